The molecule has 6 heteroatoms. The van der Waals surface area contributed by atoms with E-state index in [1.165, 1.54) is 0 Å². The number of hydrogen-bond donors (Lipinski definition) is 0. The van der Waals surface area contributed by atoms with E-state index in [1.807, 2.05) is 0 Å². The quantitative estimate of drug-likeness (QED) is 0.710. The van der Waals surface area contributed by atoms with Gasteiger partial charge in [-0.3, -0.25) is 4.79 Å². The normalized spacial score (nSPS) is 28.8. The molecular weight excluding hydrogens is 335 g/mol. The number of amides is 1. The van der Waals surface area contributed by atoms with Gasteiger partial charge in [-0.05, 0) is 25.7 Å². The lowest BCUT2D eigenvalue weighted by molar-refractivity contribution is 0.0593. The van der Waals surface area contributed by atoms with Gasteiger partial charge in [-0.2, -0.15) is 0 Å². The SMILES string of the molecule is O=C(c1c(F)cc(F)cc1F)N1C2CCC1CC(Br)C2. The summed E-state index contributed by atoms with van der Waals surface area (Å²) in [4.78, 5) is 14.3. The molecule has 2 aliphatic rings. The molecule has 0 radical (unpaired) electrons. The predicted molar refractivity (Wildman–Crippen MR) is 71.2 cm³/mol. The number of piperidine rings is 1. The second kappa shape index (κ2) is 5.06. The number of benzene rings is 1. The third-order valence-corrected chi connectivity index (χ3v) is 4.88. The summed E-state index contributed by atoms with van der Waals surface area (Å²) in [7, 11) is 0. The molecule has 0 saturated carbocycles. The van der Waals surface area contributed by atoms with Crippen LogP contribution in [0.15, 0.2) is 12.1 Å². The van der Waals surface area contributed by atoms with E-state index >= 15 is 0 Å². The highest BCUT2D eigenvalue weighted by Crippen LogP contribution is 2.39. The lowest BCUT2D eigenvalue weighted by Gasteiger charge is -2.37. The molecule has 108 valence electrons. The lowest BCUT2D eigenvalue weighted by atomic mass is 10.0. The Morgan fingerprint density at radius 3 is 2.10 bits per heavy atom. The summed E-state index contributed by atoms with van der Waals surface area (Å²) < 4.78 is 40.4. The van der Waals surface area contributed by atoms with E-state index < -0.39 is 28.9 Å². The van der Waals surface area contributed by atoms with Crippen molar-refractivity contribution in [3.63, 3.8) is 0 Å². The van der Waals surface area contributed by atoms with Gasteiger partial charge in [0.2, 0.25) is 0 Å². The van der Waals surface area contributed by atoms with Crippen molar-refractivity contribution in [2.24, 2.45) is 0 Å². The molecule has 1 aromatic rings. The van der Waals surface area contributed by atoms with Crippen molar-refractivity contribution in [2.45, 2.75) is 42.6 Å². The van der Waals surface area contributed by atoms with Gasteiger partial charge >= 0.3 is 0 Å². The van der Waals surface area contributed by atoms with Crippen LogP contribution in [0.3, 0.4) is 0 Å². The van der Waals surface area contributed by atoms with Crippen LogP contribution < -0.4 is 0 Å². The monoisotopic (exact) mass is 347 g/mol. The molecule has 3 rings (SSSR count). The van der Waals surface area contributed by atoms with Crippen LogP contribution >= 0.6 is 15.9 Å². The van der Waals surface area contributed by atoms with Crippen molar-refractivity contribution in [3.8, 4) is 0 Å². The van der Waals surface area contributed by atoms with Crippen LogP contribution in [-0.2, 0) is 0 Å². The first-order valence-corrected chi connectivity index (χ1v) is 7.50. The van der Waals surface area contributed by atoms with Crippen molar-refractivity contribution in [3.05, 3.63) is 35.1 Å². The van der Waals surface area contributed by atoms with Crippen molar-refractivity contribution < 1.29 is 18.0 Å². The Balaban J connectivity index is 1.94. The van der Waals surface area contributed by atoms with Gasteiger partial charge in [0.25, 0.3) is 5.91 Å². The van der Waals surface area contributed by atoms with Crippen molar-refractivity contribution in [2.75, 3.05) is 0 Å². The van der Waals surface area contributed by atoms with Gasteiger partial charge in [-0.15, -0.1) is 0 Å². The Morgan fingerprint density at radius 2 is 1.60 bits per heavy atom. The molecule has 0 aromatic heterocycles. The zero-order valence-corrected chi connectivity index (χ0v) is 12.2. The largest absolute Gasteiger partial charge is 0.332 e. The Morgan fingerprint density at radius 1 is 1.10 bits per heavy atom. The van der Waals surface area contributed by atoms with Crippen LogP contribution in [0.5, 0.6) is 0 Å². The van der Waals surface area contributed by atoms with Crippen LogP contribution in [-0.4, -0.2) is 27.7 Å². The first kappa shape index (κ1) is 13.9. The molecule has 2 atom stereocenters. The Bertz CT molecular complexity index is 528. The van der Waals surface area contributed by atoms with Crippen LogP contribution in [0.2, 0.25) is 0 Å². The molecule has 0 spiro atoms. The fraction of sp³-hybridized carbons (Fsp3) is 0.500. The Kier molecular flexibility index (Phi) is 3.52. The van der Waals surface area contributed by atoms with Gasteiger partial charge in [0.05, 0.1) is 0 Å². The minimum absolute atomic E-state index is 0.00878. The van der Waals surface area contributed by atoms with Gasteiger partial charge in [0.1, 0.15) is 23.0 Å². The topological polar surface area (TPSA) is 20.3 Å². The van der Waals surface area contributed by atoms with Crippen LogP contribution in [0, 0.1) is 17.5 Å². The zero-order chi connectivity index (χ0) is 14.4. The summed E-state index contributed by atoms with van der Waals surface area (Å²) in [6.45, 7) is 0. The number of rotatable bonds is 1. The average Bonchev–Trinajstić information content (AvgIpc) is 2.60. The Hall–Kier alpha value is -1.04. The number of carbonyl (C=O) groups excluding carboxylic acids is 1. The smallest absolute Gasteiger partial charge is 0.260 e. The van der Waals surface area contributed by atoms with E-state index in [4.69, 9.17) is 0 Å². The summed E-state index contributed by atoms with van der Waals surface area (Å²) in [6, 6.07) is 1.12. The first-order chi connectivity index (χ1) is 9.47. The number of nitrogens with zero attached hydrogens (tertiary/aromatic N) is 1. The van der Waals surface area contributed by atoms with E-state index in [9.17, 15) is 18.0 Å². The third kappa shape index (κ3) is 2.24. The molecule has 2 saturated heterocycles. The molecule has 0 aliphatic carbocycles. The highest BCUT2D eigenvalue weighted by Gasteiger charge is 2.43. The molecule has 2 bridgehead atoms. The molecule has 2 aliphatic heterocycles. The Labute approximate surface area is 123 Å². The van der Waals surface area contributed by atoms with Crippen molar-refractivity contribution in [1.82, 2.24) is 4.90 Å². The maximum absolute atomic E-state index is 13.7. The number of halogens is 4. The lowest BCUT2D eigenvalue weighted by Crippen LogP contribution is -2.47. The van der Waals surface area contributed by atoms with E-state index in [2.05, 4.69) is 15.9 Å². The molecular formula is C14H13BrF3NO. The molecule has 1 aromatic carbocycles. The fourth-order valence-electron chi connectivity index (χ4n) is 3.32. The van der Waals surface area contributed by atoms with Gasteiger partial charge in [-0.1, -0.05) is 15.9 Å². The van der Waals surface area contributed by atoms with Gasteiger partial charge in [-0.25, -0.2) is 13.2 Å². The van der Waals surface area contributed by atoms with Crippen molar-refractivity contribution >= 4 is 21.8 Å². The van der Waals surface area contributed by atoms with Crippen LogP contribution in [0.4, 0.5) is 13.2 Å². The molecule has 2 nitrogen and oxygen atoms in total. The molecule has 2 unspecified atom stereocenters. The molecule has 2 heterocycles. The first-order valence-electron chi connectivity index (χ1n) is 6.58. The van der Waals surface area contributed by atoms with E-state index in [-0.39, 0.29) is 12.1 Å². The summed E-state index contributed by atoms with van der Waals surface area (Å²) >= 11 is 3.54. The number of alkyl halides is 1. The summed E-state index contributed by atoms with van der Waals surface area (Å²) in [5, 5.41) is 0. The van der Waals surface area contributed by atoms with Gasteiger partial charge in [0.15, 0.2) is 0 Å². The van der Waals surface area contributed by atoms with Gasteiger partial charge in [0, 0.05) is 29.0 Å². The molecule has 20 heavy (non-hydrogen) atoms. The number of carbonyl (C=O) groups is 1. The second-order valence-electron chi connectivity index (χ2n) is 5.41. The minimum Gasteiger partial charge on any atom is -0.332 e. The van der Waals surface area contributed by atoms with E-state index in [0.717, 1.165) is 25.7 Å². The standard InChI is InChI=1S/C14H13BrF3NO/c15-7-3-9-1-2-10(4-7)19(9)14(20)13-11(17)5-8(16)6-12(13)18/h5-7,9-10H,1-4H2. The molecule has 0 N–H and O–H groups in total. The fourth-order valence-corrected chi connectivity index (χ4v) is 4.18. The number of fused-ring (bicyclic) bond motifs is 2. The predicted octanol–water partition coefficient (Wildman–Crippen LogP) is 3.63. The summed E-state index contributed by atoms with van der Waals surface area (Å²) in [5.41, 5.74) is -0.642. The minimum atomic E-state index is -1.13. The van der Waals surface area contributed by atoms with Gasteiger partial charge < -0.3 is 4.90 Å². The molecule has 2 fully saturated rings. The molecule has 1 amide bonds. The second-order valence-corrected chi connectivity index (χ2v) is 6.71. The van der Waals surface area contributed by atoms with E-state index in [0.29, 0.717) is 17.0 Å². The van der Waals surface area contributed by atoms with Crippen molar-refractivity contribution in [1.29, 1.82) is 0 Å². The highest BCUT2D eigenvalue weighted by molar-refractivity contribution is 9.09. The van der Waals surface area contributed by atoms with Crippen LogP contribution in [0.1, 0.15) is 36.0 Å². The highest BCUT2D eigenvalue weighted by atomic mass is 79.9. The number of hydrogen-bond acceptors (Lipinski definition) is 1. The van der Waals surface area contributed by atoms with Crippen LogP contribution in [0.25, 0.3) is 0 Å². The maximum atomic E-state index is 13.7. The summed E-state index contributed by atoms with van der Waals surface area (Å²) in [5.74, 6) is -3.94. The summed E-state index contributed by atoms with van der Waals surface area (Å²) in [6.07, 6.45) is 3.27. The zero-order valence-electron chi connectivity index (χ0n) is 10.6. The average molecular weight is 348 g/mol. The third-order valence-electron chi connectivity index (χ3n) is 4.13. The maximum Gasteiger partial charge on any atom is 0.260 e. The van der Waals surface area contributed by atoms with E-state index in [1.54, 1.807) is 4.90 Å².